The Hall–Kier alpha value is -3.49. The van der Waals surface area contributed by atoms with Gasteiger partial charge in [-0.25, -0.2) is 15.1 Å². The molecule has 2 aromatic carbocycles. The van der Waals surface area contributed by atoms with E-state index in [1.165, 1.54) is 24.5 Å². The first-order valence-corrected chi connectivity index (χ1v) is 7.58. The number of hydrogen-bond acceptors (Lipinski definition) is 5. The normalized spacial score (nSPS) is 11.7. The fraction of sp³-hybridized carbons (Fsp3) is 0.0588. The van der Waals surface area contributed by atoms with E-state index in [0.29, 0.717) is 22.7 Å². The van der Waals surface area contributed by atoms with Crippen LogP contribution in [-0.2, 0) is 6.18 Å². The number of fused-ring (bicyclic) bond motifs is 1. The molecule has 0 fully saturated rings. The number of para-hydroxylation sites is 1. The predicted molar refractivity (Wildman–Crippen MR) is 89.6 cm³/mol. The molecule has 6 nitrogen and oxygen atoms in total. The fourth-order valence-corrected chi connectivity index (χ4v) is 2.60. The molecule has 2 aromatic heterocycles. The maximum Gasteiger partial charge on any atom is 0.417 e. The third-order valence-corrected chi connectivity index (χ3v) is 3.73. The Balaban J connectivity index is 1.92. The summed E-state index contributed by atoms with van der Waals surface area (Å²) in [7, 11) is 0. The van der Waals surface area contributed by atoms with Crippen molar-refractivity contribution in [2.75, 3.05) is 5.32 Å². The van der Waals surface area contributed by atoms with E-state index in [1.807, 2.05) is 0 Å². The molecular weight excluding hydrogens is 345 g/mol. The molecule has 0 aliphatic heterocycles. The minimum Gasteiger partial charge on any atom is -0.309 e. The Morgan fingerprint density at radius 2 is 1.69 bits per heavy atom. The molecule has 9 heteroatoms. The standard InChI is InChI=1S/C17H11F3N6/c18-17(19,20)12-7-3-1-5-10(12)14-23-13-8-4-2-6-11(13)15(24-14)25-16-21-9-22-26-16/h1-9H,(H2,21,22,23,24,25,26). The number of rotatable bonds is 3. The van der Waals surface area contributed by atoms with Crippen molar-refractivity contribution in [1.82, 2.24) is 25.1 Å². The second kappa shape index (κ2) is 6.10. The maximum atomic E-state index is 13.4. The molecule has 0 aliphatic rings. The number of nitrogens with one attached hydrogen (secondary N) is 2. The third-order valence-electron chi connectivity index (χ3n) is 3.73. The summed E-state index contributed by atoms with van der Waals surface area (Å²) < 4.78 is 40.1. The van der Waals surface area contributed by atoms with Crippen molar-refractivity contribution in [3.05, 3.63) is 60.4 Å². The maximum absolute atomic E-state index is 13.4. The fourth-order valence-electron chi connectivity index (χ4n) is 2.60. The highest BCUT2D eigenvalue weighted by Gasteiger charge is 2.34. The minimum absolute atomic E-state index is 0.0290. The highest BCUT2D eigenvalue weighted by molar-refractivity contribution is 5.91. The zero-order valence-corrected chi connectivity index (χ0v) is 13.1. The lowest BCUT2D eigenvalue weighted by Gasteiger charge is -2.13. The Labute approximate surface area is 145 Å². The van der Waals surface area contributed by atoms with Crippen LogP contribution in [0.5, 0.6) is 0 Å². The number of alkyl halides is 3. The number of nitrogens with zero attached hydrogens (tertiary/aromatic N) is 4. The van der Waals surface area contributed by atoms with Gasteiger partial charge in [-0.05, 0) is 18.2 Å². The van der Waals surface area contributed by atoms with Gasteiger partial charge < -0.3 is 5.32 Å². The molecule has 0 unspecified atom stereocenters. The minimum atomic E-state index is -4.51. The molecule has 0 spiro atoms. The molecule has 0 radical (unpaired) electrons. The number of hydrogen-bond donors (Lipinski definition) is 2. The molecule has 0 saturated heterocycles. The Kier molecular flexibility index (Phi) is 3.76. The van der Waals surface area contributed by atoms with Gasteiger partial charge >= 0.3 is 6.18 Å². The highest BCUT2D eigenvalue weighted by atomic mass is 19.4. The van der Waals surface area contributed by atoms with Crippen LogP contribution < -0.4 is 5.32 Å². The molecule has 0 amide bonds. The summed E-state index contributed by atoms with van der Waals surface area (Å²) >= 11 is 0. The Morgan fingerprint density at radius 3 is 2.46 bits per heavy atom. The summed E-state index contributed by atoms with van der Waals surface area (Å²) in [5, 5.41) is 9.95. The van der Waals surface area contributed by atoms with Crippen molar-refractivity contribution in [3.63, 3.8) is 0 Å². The smallest absolute Gasteiger partial charge is 0.309 e. The first kappa shape index (κ1) is 16.0. The zero-order chi connectivity index (χ0) is 18.1. The summed E-state index contributed by atoms with van der Waals surface area (Å²) in [5.74, 6) is 0.627. The number of aromatic nitrogens is 5. The van der Waals surface area contributed by atoms with Gasteiger partial charge in [0.15, 0.2) is 5.82 Å². The highest BCUT2D eigenvalue weighted by Crippen LogP contribution is 2.37. The van der Waals surface area contributed by atoms with E-state index in [1.54, 1.807) is 24.3 Å². The predicted octanol–water partition coefficient (Wildman–Crippen LogP) is 4.18. The molecular formula is C17H11F3N6. The molecule has 0 saturated carbocycles. The van der Waals surface area contributed by atoms with Gasteiger partial charge in [-0.15, -0.1) is 0 Å². The van der Waals surface area contributed by atoms with E-state index in [0.717, 1.165) is 6.07 Å². The summed E-state index contributed by atoms with van der Waals surface area (Å²) in [6.45, 7) is 0. The third kappa shape index (κ3) is 2.94. The summed E-state index contributed by atoms with van der Waals surface area (Å²) in [6, 6.07) is 12.2. The number of aromatic amines is 1. The van der Waals surface area contributed by atoms with Crippen LogP contribution in [0, 0.1) is 0 Å². The van der Waals surface area contributed by atoms with Crippen LogP contribution in [0.4, 0.5) is 24.9 Å². The Bertz CT molecular complexity index is 1060. The number of benzene rings is 2. The molecule has 4 rings (SSSR count). The molecule has 26 heavy (non-hydrogen) atoms. The topological polar surface area (TPSA) is 79.4 Å². The quantitative estimate of drug-likeness (QED) is 0.576. The summed E-state index contributed by atoms with van der Waals surface area (Å²) in [4.78, 5) is 12.6. The monoisotopic (exact) mass is 356 g/mol. The molecule has 0 aliphatic carbocycles. The van der Waals surface area contributed by atoms with Crippen LogP contribution >= 0.6 is 0 Å². The van der Waals surface area contributed by atoms with Crippen LogP contribution in [-0.4, -0.2) is 25.1 Å². The SMILES string of the molecule is FC(F)(F)c1ccccc1-c1nc(Nc2ncn[nH]2)c2ccccc2n1. The van der Waals surface area contributed by atoms with Crippen LogP contribution in [0.3, 0.4) is 0 Å². The zero-order valence-electron chi connectivity index (χ0n) is 13.1. The molecule has 4 aromatic rings. The first-order valence-electron chi connectivity index (χ1n) is 7.58. The van der Waals surface area contributed by atoms with Crippen molar-refractivity contribution in [3.8, 4) is 11.4 Å². The number of halogens is 3. The average molecular weight is 356 g/mol. The van der Waals surface area contributed by atoms with Gasteiger partial charge in [0.2, 0.25) is 5.95 Å². The van der Waals surface area contributed by atoms with Crippen LogP contribution in [0.15, 0.2) is 54.9 Å². The second-order valence-corrected chi connectivity index (χ2v) is 5.42. The van der Waals surface area contributed by atoms with Crippen LogP contribution in [0.2, 0.25) is 0 Å². The number of anilines is 2. The summed E-state index contributed by atoms with van der Waals surface area (Å²) in [5.41, 5.74) is -0.372. The van der Waals surface area contributed by atoms with Crippen LogP contribution in [0.1, 0.15) is 5.56 Å². The van der Waals surface area contributed by atoms with E-state index in [4.69, 9.17) is 0 Å². The Morgan fingerprint density at radius 1 is 0.923 bits per heavy atom. The molecule has 0 atom stereocenters. The van der Waals surface area contributed by atoms with Crippen molar-refractivity contribution in [2.24, 2.45) is 0 Å². The van der Waals surface area contributed by atoms with Gasteiger partial charge in [-0.1, -0.05) is 30.3 Å². The van der Waals surface area contributed by atoms with Gasteiger partial charge in [0.1, 0.15) is 12.1 Å². The number of H-pyrrole nitrogens is 1. The molecule has 2 heterocycles. The lowest BCUT2D eigenvalue weighted by atomic mass is 10.1. The average Bonchev–Trinajstić information content (AvgIpc) is 3.14. The second-order valence-electron chi connectivity index (χ2n) is 5.42. The van der Waals surface area contributed by atoms with E-state index < -0.39 is 11.7 Å². The van der Waals surface area contributed by atoms with Gasteiger partial charge in [0, 0.05) is 10.9 Å². The van der Waals surface area contributed by atoms with Crippen LogP contribution in [0.25, 0.3) is 22.3 Å². The van der Waals surface area contributed by atoms with Gasteiger partial charge in [0.25, 0.3) is 0 Å². The molecule has 2 N–H and O–H groups in total. The molecule has 130 valence electrons. The van der Waals surface area contributed by atoms with E-state index in [-0.39, 0.29) is 11.4 Å². The van der Waals surface area contributed by atoms with Gasteiger partial charge in [-0.3, -0.25) is 0 Å². The molecule has 0 bridgehead atoms. The van der Waals surface area contributed by atoms with Crippen molar-refractivity contribution in [1.29, 1.82) is 0 Å². The largest absolute Gasteiger partial charge is 0.417 e. The van der Waals surface area contributed by atoms with Gasteiger partial charge in [0.05, 0.1) is 11.1 Å². The lowest BCUT2D eigenvalue weighted by Crippen LogP contribution is -2.09. The first-order chi connectivity index (χ1) is 12.5. The van der Waals surface area contributed by atoms with E-state index >= 15 is 0 Å². The van der Waals surface area contributed by atoms with E-state index in [2.05, 4.69) is 30.5 Å². The van der Waals surface area contributed by atoms with Crippen molar-refractivity contribution in [2.45, 2.75) is 6.18 Å². The van der Waals surface area contributed by atoms with Gasteiger partial charge in [-0.2, -0.15) is 23.3 Å². The van der Waals surface area contributed by atoms with E-state index in [9.17, 15) is 13.2 Å². The van der Waals surface area contributed by atoms with Crippen molar-refractivity contribution >= 4 is 22.7 Å². The van der Waals surface area contributed by atoms with Crippen molar-refractivity contribution < 1.29 is 13.2 Å². The summed E-state index contributed by atoms with van der Waals surface area (Å²) in [6.07, 6.45) is -3.20. The lowest BCUT2D eigenvalue weighted by molar-refractivity contribution is -0.137.